The van der Waals surface area contributed by atoms with Gasteiger partial charge >= 0.3 is 5.69 Å². The van der Waals surface area contributed by atoms with Crippen LogP contribution in [0.15, 0.2) is 46.1 Å². The summed E-state index contributed by atoms with van der Waals surface area (Å²) in [6.45, 7) is 1.98. The van der Waals surface area contributed by atoms with Gasteiger partial charge in [0.1, 0.15) is 11.3 Å². The van der Waals surface area contributed by atoms with E-state index in [1.807, 2.05) is 25.1 Å². The fourth-order valence-corrected chi connectivity index (χ4v) is 3.10. The maximum Gasteiger partial charge on any atom is 0.332 e. The van der Waals surface area contributed by atoms with Crippen LogP contribution in [-0.2, 0) is 14.1 Å². The molecule has 3 aromatic heterocycles. The first-order valence-corrected chi connectivity index (χ1v) is 8.31. The van der Waals surface area contributed by atoms with Crippen molar-refractivity contribution in [1.29, 1.82) is 0 Å². The average Bonchev–Trinajstić information content (AvgIpc) is 3.08. The maximum atomic E-state index is 12.6. The minimum atomic E-state index is -0.460. The molecule has 1 amide bonds. The van der Waals surface area contributed by atoms with Crippen molar-refractivity contribution in [3.63, 3.8) is 0 Å². The van der Waals surface area contributed by atoms with E-state index in [0.717, 1.165) is 21.0 Å². The quantitative estimate of drug-likeness (QED) is 0.566. The molecule has 1 aromatic carbocycles. The Balaban J connectivity index is 1.73. The number of H-pyrrole nitrogens is 1. The van der Waals surface area contributed by atoms with Gasteiger partial charge < -0.3 is 10.3 Å². The molecule has 0 saturated heterocycles. The third-order valence-electron chi connectivity index (χ3n) is 4.57. The first-order valence-electron chi connectivity index (χ1n) is 8.31. The van der Waals surface area contributed by atoms with Gasteiger partial charge in [0.15, 0.2) is 0 Å². The molecule has 3 heterocycles. The number of aromatic nitrogens is 4. The number of benzene rings is 1. The molecule has 4 rings (SSSR count). The van der Waals surface area contributed by atoms with Crippen LogP contribution in [0.5, 0.6) is 0 Å². The highest BCUT2D eigenvalue weighted by atomic mass is 16.2. The topological polar surface area (TPSA) is 102 Å². The summed E-state index contributed by atoms with van der Waals surface area (Å²) in [7, 11) is 2.95. The molecule has 0 spiro atoms. The minimum Gasteiger partial charge on any atom is -0.351 e. The SMILES string of the molecule is Cc1ccc2cc(C(=O)Nc3cnc4c(c3)c(=O)n(C)c(=O)n4C)[nH]c2c1. The number of aryl methyl sites for hydroxylation is 2. The third-order valence-corrected chi connectivity index (χ3v) is 4.57. The summed E-state index contributed by atoms with van der Waals surface area (Å²) < 4.78 is 2.30. The van der Waals surface area contributed by atoms with Crippen LogP contribution >= 0.6 is 0 Å². The molecule has 0 saturated carbocycles. The first-order chi connectivity index (χ1) is 12.8. The third kappa shape index (κ3) is 2.71. The second kappa shape index (κ2) is 5.94. The number of anilines is 1. The molecule has 27 heavy (non-hydrogen) atoms. The number of nitrogens with zero attached hydrogens (tertiary/aromatic N) is 3. The van der Waals surface area contributed by atoms with E-state index >= 15 is 0 Å². The predicted molar refractivity (Wildman–Crippen MR) is 103 cm³/mol. The van der Waals surface area contributed by atoms with Crippen LogP contribution in [0.4, 0.5) is 5.69 Å². The number of hydrogen-bond acceptors (Lipinski definition) is 4. The second-order valence-electron chi connectivity index (χ2n) is 6.53. The minimum absolute atomic E-state index is 0.254. The lowest BCUT2D eigenvalue weighted by Gasteiger charge is -2.08. The van der Waals surface area contributed by atoms with Crippen molar-refractivity contribution in [2.24, 2.45) is 14.1 Å². The van der Waals surface area contributed by atoms with Gasteiger partial charge in [0, 0.05) is 25.0 Å². The summed E-state index contributed by atoms with van der Waals surface area (Å²) in [5, 5.41) is 3.93. The number of carbonyl (C=O) groups is 1. The molecule has 0 aliphatic rings. The molecule has 0 aliphatic carbocycles. The number of rotatable bonds is 2. The Morgan fingerprint density at radius 2 is 1.89 bits per heavy atom. The Morgan fingerprint density at radius 3 is 2.67 bits per heavy atom. The normalized spacial score (nSPS) is 11.2. The van der Waals surface area contributed by atoms with E-state index in [4.69, 9.17) is 0 Å². The van der Waals surface area contributed by atoms with Crippen LogP contribution in [-0.4, -0.2) is 25.0 Å². The van der Waals surface area contributed by atoms with Crippen molar-refractivity contribution in [2.45, 2.75) is 6.92 Å². The van der Waals surface area contributed by atoms with E-state index in [1.165, 1.54) is 23.9 Å². The average molecular weight is 363 g/mol. The number of fused-ring (bicyclic) bond motifs is 2. The largest absolute Gasteiger partial charge is 0.351 e. The highest BCUT2D eigenvalue weighted by molar-refractivity contribution is 6.06. The van der Waals surface area contributed by atoms with Crippen molar-refractivity contribution >= 4 is 33.5 Å². The van der Waals surface area contributed by atoms with Crippen molar-refractivity contribution in [3.8, 4) is 0 Å². The number of amides is 1. The zero-order valence-corrected chi connectivity index (χ0v) is 15.0. The molecule has 0 unspecified atom stereocenters. The number of hydrogen-bond donors (Lipinski definition) is 2. The first kappa shape index (κ1) is 16.8. The summed E-state index contributed by atoms with van der Waals surface area (Å²) in [5.74, 6) is -0.341. The Morgan fingerprint density at radius 1 is 1.11 bits per heavy atom. The van der Waals surface area contributed by atoms with E-state index < -0.39 is 11.2 Å². The monoisotopic (exact) mass is 363 g/mol. The predicted octanol–water partition coefficient (Wildman–Crippen LogP) is 1.67. The number of carbonyl (C=O) groups excluding carboxylic acids is 1. The Kier molecular flexibility index (Phi) is 3.69. The molecule has 0 atom stereocenters. The molecular formula is C19H17N5O3. The summed E-state index contributed by atoms with van der Waals surface area (Å²) >= 11 is 0. The van der Waals surface area contributed by atoms with E-state index in [0.29, 0.717) is 11.4 Å². The van der Waals surface area contributed by atoms with Gasteiger partial charge in [-0.1, -0.05) is 12.1 Å². The van der Waals surface area contributed by atoms with Crippen LogP contribution in [0.25, 0.3) is 21.9 Å². The van der Waals surface area contributed by atoms with Crippen LogP contribution in [0.2, 0.25) is 0 Å². The van der Waals surface area contributed by atoms with E-state index in [2.05, 4.69) is 15.3 Å². The lowest BCUT2D eigenvalue weighted by molar-refractivity contribution is 0.102. The van der Waals surface area contributed by atoms with Crippen LogP contribution in [0.1, 0.15) is 16.1 Å². The standard InChI is InChI=1S/C19H17N5O3/c1-10-4-5-11-7-15(22-14(11)6-10)17(25)21-12-8-13-16(20-9-12)23(2)19(27)24(3)18(13)26/h4-9,22H,1-3H3,(H,21,25). The molecule has 0 aliphatic heterocycles. The summed E-state index contributed by atoms with van der Waals surface area (Å²) in [6, 6.07) is 9.18. The summed E-state index contributed by atoms with van der Waals surface area (Å²) in [5.41, 5.74) is 2.10. The van der Waals surface area contributed by atoms with Crippen molar-refractivity contribution in [2.75, 3.05) is 5.32 Å². The van der Waals surface area contributed by atoms with Gasteiger partial charge in [-0.15, -0.1) is 0 Å². The van der Waals surface area contributed by atoms with Crippen molar-refractivity contribution in [3.05, 3.63) is 68.6 Å². The highest BCUT2D eigenvalue weighted by Crippen LogP contribution is 2.18. The highest BCUT2D eigenvalue weighted by Gasteiger charge is 2.13. The summed E-state index contributed by atoms with van der Waals surface area (Å²) in [6.07, 6.45) is 1.42. The van der Waals surface area contributed by atoms with Gasteiger partial charge in [-0.25, -0.2) is 9.78 Å². The fourth-order valence-electron chi connectivity index (χ4n) is 3.10. The fraction of sp³-hybridized carbons (Fsp3) is 0.158. The van der Waals surface area contributed by atoms with Crippen LogP contribution < -0.4 is 16.6 Å². The molecule has 136 valence electrons. The Hall–Kier alpha value is -3.68. The zero-order valence-electron chi connectivity index (χ0n) is 15.0. The molecule has 0 radical (unpaired) electrons. The molecule has 0 bridgehead atoms. The van der Waals surface area contributed by atoms with Gasteiger partial charge in [-0.05, 0) is 30.7 Å². The smallest absolute Gasteiger partial charge is 0.332 e. The van der Waals surface area contributed by atoms with Gasteiger partial charge in [0.05, 0.1) is 17.3 Å². The van der Waals surface area contributed by atoms with Gasteiger partial charge in [-0.2, -0.15) is 0 Å². The number of aromatic amines is 1. The Labute approximate surface area is 153 Å². The molecule has 2 N–H and O–H groups in total. The molecule has 4 aromatic rings. The van der Waals surface area contributed by atoms with Crippen molar-refractivity contribution < 1.29 is 4.79 Å². The van der Waals surface area contributed by atoms with Crippen molar-refractivity contribution in [1.82, 2.24) is 19.1 Å². The summed E-state index contributed by atoms with van der Waals surface area (Å²) in [4.78, 5) is 44.1. The van der Waals surface area contributed by atoms with E-state index in [9.17, 15) is 14.4 Å². The second-order valence-corrected chi connectivity index (χ2v) is 6.53. The molecule has 0 fully saturated rings. The Bertz CT molecular complexity index is 1340. The van der Waals surface area contributed by atoms with Crippen LogP contribution in [0, 0.1) is 6.92 Å². The molecular weight excluding hydrogens is 346 g/mol. The van der Waals surface area contributed by atoms with Gasteiger partial charge in [0.25, 0.3) is 11.5 Å². The molecule has 8 heteroatoms. The lowest BCUT2D eigenvalue weighted by atomic mass is 10.2. The molecule has 8 nitrogen and oxygen atoms in total. The zero-order chi connectivity index (χ0) is 19.3. The van der Waals surface area contributed by atoms with Gasteiger partial charge in [-0.3, -0.25) is 18.7 Å². The number of pyridine rings is 1. The maximum absolute atomic E-state index is 12.6. The lowest BCUT2D eigenvalue weighted by Crippen LogP contribution is -2.37. The van der Waals surface area contributed by atoms with Gasteiger partial charge in [0.2, 0.25) is 0 Å². The number of nitrogens with one attached hydrogen (secondary N) is 2. The van der Waals surface area contributed by atoms with Crippen LogP contribution in [0.3, 0.4) is 0 Å². The van der Waals surface area contributed by atoms with E-state index in [1.54, 1.807) is 13.1 Å². The van der Waals surface area contributed by atoms with E-state index in [-0.39, 0.29) is 16.9 Å².